The Labute approximate surface area is 177 Å². The van der Waals surface area contributed by atoms with Crippen LogP contribution in [0.15, 0.2) is 59.9 Å². The average molecular weight is 429 g/mol. The largest absolute Gasteiger partial charge is 0.454 e. The van der Waals surface area contributed by atoms with Crippen LogP contribution in [0.1, 0.15) is 11.1 Å². The Kier molecular flexibility index (Phi) is 6.16. The molecular weight excluding hydrogens is 408 g/mol. The van der Waals surface area contributed by atoms with Gasteiger partial charge in [0.1, 0.15) is 5.75 Å². The van der Waals surface area contributed by atoms with E-state index < -0.39 is 6.61 Å². The molecule has 162 valence electrons. The molecule has 31 heavy (non-hydrogen) atoms. The minimum atomic E-state index is -2.94. The van der Waals surface area contributed by atoms with Crippen molar-refractivity contribution < 1.29 is 23.0 Å². The lowest BCUT2D eigenvalue weighted by atomic mass is 10.1. The van der Waals surface area contributed by atoms with Crippen molar-refractivity contribution in [3.05, 3.63) is 66.0 Å². The van der Waals surface area contributed by atoms with Crippen molar-refractivity contribution in [1.29, 1.82) is 0 Å². The van der Waals surface area contributed by atoms with Crippen molar-refractivity contribution in [2.75, 3.05) is 13.8 Å². The van der Waals surface area contributed by atoms with Crippen molar-refractivity contribution in [3.8, 4) is 22.9 Å². The maximum Gasteiger partial charge on any atom is 0.387 e. The molecule has 3 aromatic rings. The Morgan fingerprint density at radius 3 is 2.58 bits per heavy atom. The number of nitrogens with zero attached hydrogens (tertiary/aromatic N) is 3. The van der Waals surface area contributed by atoms with Crippen LogP contribution in [0.5, 0.6) is 17.2 Å². The van der Waals surface area contributed by atoms with Crippen molar-refractivity contribution in [2.24, 2.45) is 4.99 Å². The molecule has 0 radical (unpaired) electrons. The first-order chi connectivity index (χ1) is 15.1. The van der Waals surface area contributed by atoms with Crippen LogP contribution in [-0.2, 0) is 13.1 Å². The number of aliphatic imine (C=N–C) groups is 1. The van der Waals surface area contributed by atoms with E-state index in [1.807, 2.05) is 36.5 Å². The van der Waals surface area contributed by atoms with Gasteiger partial charge in [0, 0.05) is 44.2 Å². The summed E-state index contributed by atoms with van der Waals surface area (Å²) in [5.41, 5.74) is 2.50. The number of fused-ring (bicyclic) bond motifs is 1. The van der Waals surface area contributed by atoms with E-state index in [1.54, 1.807) is 24.0 Å². The zero-order valence-corrected chi connectivity index (χ0v) is 16.7. The second-order valence-corrected chi connectivity index (χ2v) is 6.59. The van der Waals surface area contributed by atoms with Crippen molar-refractivity contribution in [2.45, 2.75) is 19.7 Å². The summed E-state index contributed by atoms with van der Waals surface area (Å²) in [6.07, 6.45) is 3.60. The number of ether oxygens (including phenoxy) is 3. The quantitative estimate of drug-likeness (QED) is 0.444. The van der Waals surface area contributed by atoms with E-state index in [4.69, 9.17) is 9.47 Å². The van der Waals surface area contributed by atoms with Crippen LogP contribution in [0, 0.1) is 0 Å². The Morgan fingerprint density at radius 2 is 1.90 bits per heavy atom. The molecule has 2 heterocycles. The fourth-order valence-corrected chi connectivity index (χ4v) is 3.08. The molecule has 0 unspecified atom stereocenters. The van der Waals surface area contributed by atoms with Gasteiger partial charge in [0.25, 0.3) is 0 Å². The van der Waals surface area contributed by atoms with E-state index in [2.05, 4.69) is 25.5 Å². The van der Waals surface area contributed by atoms with Gasteiger partial charge in [0.2, 0.25) is 6.79 Å². The zero-order chi connectivity index (χ0) is 21.6. The van der Waals surface area contributed by atoms with E-state index in [0.29, 0.717) is 29.6 Å². The van der Waals surface area contributed by atoms with Gasteiger partial charge in [-0.15, -0.1) is 0 Å². The third-order valence-corrected chi connectivity index (χ3v) is 4.61. The van der Waals surface area contributed by atoms with Crippen LogP contribution in [0.4, 0.5) is 8.78 Å². The van der Waals surface area contributed by atoms with Gasteiger partial charge in [-0.1, -0.05) is 12.1 Å². The van der Waals surface area contributed by atoms with Crippen LogP contribution in [0.3, 0.4) is 0 Å². The van der Waals surface area contributed by atoms with Crippen LogP contribution < -0.4 is 24.8 Å². The predicted molar refractivity (Wildman–Crippen MR) is 110 cm³/mol. The minimum Gasteiger partial charge on any atom is -0.454 e. The summed E-state index contributed by atoms with van der Waals surface area (Å²) in [4.78, 5) is 4.17. The monoisotopic (exact) mass is 429 g/mol. The minimum absolute atomic E-state index is 0.0245. The highest BCUT2D eigenvalue weighted by Gasteiger charge is 2.20. The molecule has 1 aliphatic rings. The first kappa shape index (κ1) is 20.5. The van der Waals surface area contributed by atoms with Gasteiger partial charge in [-0.05, 0) is 29.8 Å². The zero-order valence-electron chi connectivity index (χ0n) is 16.7. The third-order valence-electron chi connectivity index (χ3n) is 4.61. The number of hydrogen-bond acceptors (Lipinski definition) is 5. The van der Waals surface area contributed by atoms with Crippen molar-refractivity contribution >= 4 is 5.96 Å². The summed E-state index contributed by atoms with van der Waals surface area (Å²) in [7, 11) is 1.63. The first-order valence-electron chi connectivity index (χ1n) is 9.53. The maximum absolute atomic E-state index is 12.8. The van der Waals surface area contributed by atoms with Gasteiger partial charge in [-0.25, -0.2) is 4.68 Å². The van der Waals surface area contributed by atoms with Gasteiger partial charge < -0.3 is 24.8 Å². The predicted octanol–water partition coefficient (Wildman–Crippen LogP) is 3.07. The molecule has 0 saturated carbocycles. The smallest absolute Gasteiger partial charge is 0.387 e. The molecule has 0 fully saturated rings. The van der Waals surface area contributed by atoms with E-state index in [-0.39, 0.29) is 19.1 Å². The van der Waals surface area contributed by atoms with E-state index in [1.165, 1.54) is 6.07 Å². The number of halogens is 2. The van der Waals surface area contributed by atoms with E-state index >= 15 is 0 Å². The van der Waals surface area contributed by atoms with Gasteiger partial charge in [0.15, 0.2) is 17.5 Å². The van der Waals surface area contributed by atoms with Crippen molar-refractivity contribution in [3.63, 3.8) is 0 Å². The molecule has 0 saturated heterocycles. The van der Waals surface area contributed by atoms with Gasteiger partial charge >= 0.3 is 6.61 Å². The highest BCUT2D eigenvalue weighted by Crippen LogP contribution is 2.38. The fraction of sp³-hybridized carbons (Fsp3) is 0.238. The molecule has 0 atom stereocenters. The van der Waals surface area contributed by atoms with E-state index in [9.17, 15) is 8.78 Å². The van der Waals surface area contributed by atoms with Crippen LogP contribution in [0.25, 0.3) is 5.69 Å². The van der Waals surface area contributed by atoms with Crippen LogP contribution in [-0.4, -0.2) is 36.2 Å². The second kappa shape index (κ2) is 9.33. The van der Waals surface area contributed by atoms with Gasteiger partial charge in [0.05, 0.1) is 5.69 Å². The Balaban J connectivity index is 1.37. The lowest BCUT2D eigenvalue weighted by Gasteiger charge is -2.15. The number of alkyl halides is 2. The topological polar surface area (TPSA) is 81.9 Å². The summed E-state index contributed by atoms with van der Waals surface area (Å²) < 4.78 is 42.5. The molecule has 0 bridgehead atoms. The molecule has 4 rings (SSSR count). The Morgan fingerprint density at radius 1 is 1.16 bits per heavy atom. The summed E-state index contributed by atoms with van der Waals surface area (Å²) in [5.74, 6) is 1.40. The normalized spacial score (nSPS) is 12.8. The summed E-state index contributed by atoms with van der Waals surface area (Å²) in [6.45, 7) is -2.17. The maximum atomic E-state index is 12.8. The molecule has 0 spiro atoms. The van der Waals surface area contributed by atoms with E-state index in [0.717, 1.165) is 11.3 Å². The molecule has 0 amide bonds. The van der Waals surface area contributed by atoms with Crippen molar-refractivity contribution in [1.82, 2.24) is 20.4 Å². The first-order valence-corrected chi connectivity index (χ1v) is 9.53. The fourth-order valence-electron chi connectivity index (χ4n) is 3.08. The average Bonchev–Trinajstić information content (AvgIpc) is 3.46. The molecule has 0 aliphatic carbocycles. The Bertz CT molecular complexity index is 1040. The van der Waals surface area contributed by atoms with Crippen LogP contribution >= 0.6 is 0 Å². The van der Waals surface area contributed by atoms with Gasteiger partial charge in [-0.3, -0.25) is 4.99 Å². The number of rotatable bonds is 7. The van der Waals surface area contributed by atoms with Gasteiger partial charge in [-0.2, -0.15) is 13.9 Å². The molecule has 8 nitrogen and oxygen atoms in total. The molecule has 2 N–H and O–H groups in total. The lowest BCUT2D eigenvalue weighted by molar-refractivity contribution is -0.0505. The molecule has 1 aromatic heterocycles. The number of aromatic nitrogens is 2. The molecule has 10 heteroatoms. The number of guanidine groups is 1. The lowest BCUT2D eigenvalue weighted by Crippen LogP contribution is -2.36. The summed E-state index contributed by atoms with van der Waals surface area (Å²) in [5, 5.41) is 10.5. The molecule has 1 aliphatic heterocycles. The van der Waals surface area contributed by atoms with Crippen LogP contribution in [0.2, 0.25) is 0 Å². The second-order valence-electron chi connectivity index (χ2n) is 6.59. The highest BCUT2D eigenvalue weighted by molar-refractivity contribution is 5.79. The standard InChI is InChI=1S/C21H21F2N5O3/c1-24-21(25-11-14-3-5-16(6-4-14)28-8-2-7-27-28)26-12-15-9-18-19(30-13-29-18)10-17(15)31-20(22)23/h2-10,20H,11-13H2,1H3,(H2,24,25,26). The highest BCUT2D eigenvalue weighted by atomic mass is 19.3. The summed E-state index contributed by atoms with van der Waals surface area (Å²) in [6, 6.07) is 12.8. The number of benzene rings is 2. The molecule has 2 aromatic carbocycles. The number of hydrogen-bond donors (Lipinski definition) is 2. The third kappa shape index (κ3) is 5.03. The SMILES string of the molecule is CN=C(NCc1ccc(-n2cccn2)cc1)NCc1cc2c(cc1OC(F)F)OCO2. The number of nitrogens with one attached hydrogen (secondary N) is 2. The molecular formula is C21H21F2N5O3. The Hall–Kier alpha value is -3.82. The summed E-state index contributed by atoms with van der Waals surface area (Å²) >= 11 is 0.